The molecule has 0 unspecified atom stereocenters. The standard InChI is InChI=1S/C12H19NO2/c1-4-9(2)12(15)13(3)10-5-7-11(14)8-6-10/h4,10-11,14H,1-2,5-8H2,3H3. The molecule has 0 spiro atoms. The Morgan fingerprint density at radius 1 is 1.40 bits per heavy atom. The molecule has 0 radical (unpaired) electrons. The van der Waals surface area contributed by atoms with Crippen LogP contribution in [0.25, 0.3) is 0 Å². The number of hydrogen-bond acceptors (Lipinski definition) is 2. The average Bonchev–Trinajstić information content (AvgIpc) is 2.27. The van der Waals surface area contributed by atoms with Crippen molar-refractivity contribution in [2.75, 3.05) is 7.05 Å². The molecule has 0 aromatic rings. The summed E-state index contributed by atoms with van der Waals surface area (Å²) in [7, 11) is 1.79. The fraction of sp³-hybridized carbons (Fsp3) is 0.583. The highest BCUT2D eigenvalue weighted by molar-refractivity contribution is 5.95. The Hall–Kier alpha value is -1.09. The van der Waals surface area contributed by atoms with Gasteiger partial charge < -0.3 is 10.0 Å². The molecule has 1 amide bonds. The smallest absolute Gasteiger partial charge is 0.253 e. The normalized spacial score (nSPS) is 25.7. The van der Waals surface area contributed by atoms with Crippen molar-refractivity contribution >= 4 is 5.91 Å². The molecule has 1 rings (SSSR count). The van der Waals surface area contributed by atoms with Crippen LogP contribution in [-0.4, -0.2) is 35.1 Å². The monoisotopic (exact) mass is 209 g/mol. The van der Waals surface area contributed by atoms with E-state index in [0.717, 1.165) is 25.7 Å². The van der Waals surface area contributed by atoms with Crippen molar-refractivity contribution in [3.8, 4) is 0 Å². The molecule has 0 aliphatic heterocycles. The SMILES string of the molecule is C=CC(=C)C(=O)N(C)C1CCC(O)CC1. The van der Waals surface area contributed by atoms with E-state index in [1.54, 1.807) is 11.9 Å². The summed E-state index contributed by atoms with van der Waals surface area (Å²) < 4.78 is 0. The number of nitrogens with zero attached hydrogens (tertiary/aromatic N) is 1. The lowest BCUT2D eigenvalue weighted by molar-refractivity contribution is -0.128. The molecule has 1 aliphatic carbocycles. The summed E-state index contributed by atoms with van der Waals surface area (Å²) in [5.74, 6) is -0.0635. The van der Waals surface area contributed by atoms with Crippen LogP contribution in [0.15, 0.2) is 24.8 Å². The van der Waals surface area contributed by atoms with Crippen molar-refractivity contribution in [1.29, 1.82) is 0 Å². The summed E-state index contributed by atoms with van der Waals surface area (Å²) in [4.78, 5) is 13.5. The summed E-state index contributed by atoms with van der Waals surface area (Å²) in [5, 5.41) is 9.37. The first-order valence-corrected chi connectivity index (χ1v) is 5.32. The van der Waals surface area contributed by atoms with Crippen LogP contribution in [0.4, 0.5) is 0 Å². The summed E-state index contributed by atoms with van der Waals surface area (Å²) in [5.41, 5.74) is 0.434. The zero-order valence-electron chi connectivity index (χ0n) is 9.28. The zero-order chi connectivity index (χ0) is 11.4. The van der Waals surface area contributed by atoms with Gasteiger partial charge in [-0.05, 0) is 25.7 Å². The predicted octanol–water partition coefficient (Wildman–Crippen LogP) is 1.49. The minimum absolute atomic E-state index is 0.0635. The van der Waals surface area contributed by atoms with E-state index in [1.165, 1.54) is 6.08 Å². The van der Waals surface area contributed by atoms with Crippen LogP contribution in [0, 0.1) is 0 Å². The fourth-order valence-corrected chi connectivity index (χ4v) is 1.93. The summed E-state index contributed by atoms with van der Waals surface area (Å²) in [6.07, 6.45) is 4.59. The number of aliphatic hydroxyl groups is 1. The minimum atomic E-state index is -0.188. The Morgan fingerprint density at radius 2 is 1.93 bits per heavy atom. The van der Waals surface area contributed by atoms with Crippen LogP contribution in [0.1, 0.15) is 25.7 Å². The van der Waals surface area contributed by atoms with E-state index in [0.29, 0.717) is 5.57 Å². The lowest BCUT2D eigenvalue weighted by Gasteiger charge is -2.33. The molecular weight excluding hydrogens is 190 g/mol. The maximum Gasteiger partial charge on any atom is 0.253 e. The molecule has 3 heteroatoms. The van der Waals surface area contributed by atoms with Gasteiger partial charge >= 0.3 is 0 Å². The second-order valence-corrected chi connectivity index (χ2v) is 4.11. The third-order valence-corrected chi connectivity index (χ3v) is 3.06. The van der Waals surface area contributed by atoms with Crippen LogP contribution >= 0.6 is 0 Å². The topological polar surface area (TPSA) is 40.5 Å². The number of hydrogen-bond donors (Lipinski definition) is 1. The van der Waals surface area contributed by atoms with Gasteiger partial charge in [-0.2, -0.15) is 0 Å². The first-order chi connectivity index (χ1) is 7.06. The van der Waals surface area contributed by atoms with Gasteiger partial charge in [-0.15, -0.1) is 0 Å². The highest BCUT2D eigenvalue weighted by atomic mass is 16.3. The van der Waals surface area contributed by atoms with Crippen LogP contribution < -0.4 is 0 Å². The second-order valence-electron chi connectivity index (χ2n) is 4.11. The molecule has 0 saturated heterocycles. The Morgan fingerprint density at radius 3 is 2.40 bits per heavy atom. The molecule has 0 heterocycles. The predicted molar refractivity (Wildman–Crippen MR) is 60.4 cm³/mol. The lowest BCUT2D eigenvalue weighted by Crippen LogP contribution is -2.40. The molecule has 0 aromatic carbocycles. The van der Waals surface area contributed by atoms with E-state index in [2.05, 4.69) is 13.2 Å². The van der Waals surface area contributed by atoms with E-state index < -0.39 is 0 Å². The van der Waals surface area contributed by atoms with E-state index in [1.807, 2.05) is 0 Å². The van der Waals surface area contributed by atoms with Gasteiger partial charge in [0.15, 0.2) is 0 Å². The molecule has 1 aliphatic rings. The van der Waals surface area contributed by atoms with Crippen molar-refractivity contribution in [3.05, 3.63) is 24.8 Å². The fourth-order valence-electron chi connectivity index (χ4n) is 1.93. The average molecular weight is 209 g/mol. The maximum atomic E-state index is 11.7. The van der Waals surface area contributed by atoms with Gasteiger partial charge in [0.2, 0.25) is 0 Å². The minimum Gasteiger partial charge on any atom is -0.393 e. The highest BCUT2D eigenvalue weighted by Crippen LogP contribution is 2.23. The van der Waals surface area contributed by atoms with Crippen LogP contribution in [0.5, 0.6) is 0 Å². The molecule has 3 nitrogen and oxygen atoms in total. The molecule has 0 atom stereocenters. The highest BCUT2D eigenvalue weighted by Gasteiger charge is 2.25. The third-order valence-electron chi connectivity index (χ3n) is 3.06. The zero-order valence-corrected chi connectivity index (χ0v) is 9.28. The van der Waals surface area contributed by atoms with Gasteiger partial charge in [-0.25, -0.2) is 0 Å². The number of carbonyl (C=O) groups is 1. The first-order valence-electron chi connectivity index (χ1n) is 5.32. The van der Waals surface area contributed by atoms with Crippen LogP contribution in [0.2, 0.25) is 0 Å². The number of amides is 1. The third kappa shape index (κ3) is 2.93. The number of likely N-dealkylation sites (N-methyl/N-ethyl adjacent to an activating group) is 1. The van der Waals surface area contributed by atoms with Crippen molar-refractivity contribution in [1.82, 2.24) is 4.90 Å². The molecule has 15 heavy (non-hydrogen) atoms. The maximum absolute atomic E-state index is 11.7. The summed E-state index contributed by atoms with van der Waals surface area (Å²) >= 11 is 0. The number of aliphatic hydroxyl groups excluding tert-OH is 1. The Labute approximate surface area is 91.1 Å². The van der Waals surface area contributed by atoms with E-state index in [-0.39, 0.29) is 18.1 Å². The van der Waals surface area contributed by atoms with Gasteiger partial charge in [-0.3, -0.25) is 4.79 Å². The van der Waals surface area contributed by atoms with E-state index >= 15 is 0 Å². The van der Waals surface area contributed by atoms with Crippen LogP contribution in [-0.2, 0) is 4.79 Å². The van der Waals surface area contributed by atoms with Crippen molar-refractivity contribution < 1.29 is 9.90 Å². The van der Waals surface area contributed by atoms with Crippen molar-refractivity contribution in [2.45, 2.75) is 37.8 Å². The molecule has 1 fully saturated rings. The summed E-state index contributed by atoms with van der Waals surface area (Å²) in [6, 6.07) is 0.234. The van der Waals surface area contributed by atoms with E-state index in [9.17, 15) is 9.90 Å². The van der Waals surface area contributed by atoms with Gasteiger partial charge in [-0.1, -0.05) is 19.2 Å². The summed E-state index contributed by atoms with van der Waals surface area (Å²) in [6.45, 7) is 7.18. The van der Waals surface area contributed by atoms with Crippen molar-refractivity contribution in [2.24, 2.45) is 0 Å². The Balaban J connectivity index is 2.53. The van der Waals surface area contributed by atoms with Crippen molar-refractivity contribution in [3.63, 3.8) is 0 Å². The molecule has 1 N–H and O–H groups in total. The number of rotatable bonds is 3. The van der Waals surface area contributed by atoms with Gasteiger partial charge in [0.1, 0.15) is 0 Å². The van der Waals surface area contributed by atoms with Crippen LogP contribution in [0.3, 0.4) is 0 Å². The van der Waals surface area contributed by atoms with Gasteiger partial charge in [0.05, 0.1) is 6.10 Å². The second kappa shape index (κ2) is 5.12. The van der Waals surface area contributed by atoms with E-state index in [4.69, 9.17) is 0 Å². The van der Waals surface area contributed by atoms with Gasteiger partial charge in [0.25, 0.3) is 5.91 Å². The van der Waals surface area contributed by atoms with Gasteiger partial charge in [0, 0.05) is 18.7 Å². The Kier molecular flexibility index (Phi) is 4.09. The molecule has 84 valence electrons. The first kappa shape index (κ1) is 12.0. The largest absolute Gasteiger partial charge is 0.393 e. The molecule has 0 aromatic heterocycles. The molecule has 0 bridgehead atoms. The Bertz CT molecular complexity index is 265. The molecule has 1 saturated carbocycles. The number of carbonyl (C=O) groups excluding carboxylic acids is 1. The quantitative estimate of drug-likeness (QED) is 0.565. The molecular formula is C12H19NO2. The lowest BCUT2D eigenvalue weighted by atomic mass is 9.92.